The molecule has 0 saturated carbocycles. The fourth-order valence-corrected chi connectivity index (χ4v) is 2.27. The van der Waals surface area contributed by atoms with Crippen LogP contribution in [-0.4, -0.2) is 48.3 Å². The Hall–Kier alpha value is -2.08. The van der Waals surface area contributed by atoms with Gasteiger partial charge in [-0.25, -0.2) is 4.79 Å². The van der Waals surface area contributed by atoms with Crippen molar-refractivity contribution in [3.63, 3.8) is 0 Å². The number of carbonyl (C=O) groups excluding carboxylic acids is 1. The zero-order valence-electron chi connectivity index (χ0n) is 12.2. The minimum absolute atomic E-state index is 0.107. The van der Waals surface area contributed by atoms with E-state index in [1.54, 1.807) is 14.0 Å². The largest absolute Gasteiger partial charge is 0.481 e. The molecule has 1 aliphatic heterocycles. The van der Waals surface area contributed by atoms with Crippen LogP contribution in [0.1, 0.15) is 12.5 Å². The number of amides is 2. The molecule has 0 radical (unpaired) electrons. The summed E-state index contributed by atoms with van der Waals surface area (Å²) in [5.41, 5.74) is -0.0673. The van der Waals surface area contributed by atoms with E-state index in [4.69, 9.17) is 4.74 Å². The maximum atomic E-state index is 12.2. The molecule has 2 rings (SSSR count). The lowest BCUT2D eigenvalue weighted by Gasteiger charge is -2.28. The van der Waals surface area contributed by atoms with Crippen molar-refractivity contribution in [3.8, 4) is 0 Å². The van der Waals surface area contributed by atoms with Gasteiger partial charge >= 0.3 is 12.0 Å². The molecule has 0 spiro atoms. The Morgan fingerprint density at radius 1 is 1.43 bits per heavy atom. The van der Waals surface area contributed by atoms with Gasteiger partial charge < -0.3 is 20.1 Å². The van der Waals surface area contributed by atoms with Crippen LogP contribution in [0.3, 0.4) is 0 Å². The second kappa shape index (κ2) is 6.13. The molecule has 1 aromatic rings. The highest BCUT2D eigenvalue weighted by atomic mass is 16.5. The molecule has 0 bridgehead atoms. The molecule has 1 fully saturated rings. The second-order valence-electron chi connectivity index (χ2n) is 5.58. The molecule has 1 aliphatic rings. The van der Waals surface area contributed by atoms with Crippen LogP contribution in [0.5, 0.6) is 0 Å². The number of urea groups is 1. The molecule has 6 nitrogen and oxygen atoms in total. The lowest BCUT2D eigenvalue weighted by atomic mass is 9.85. The van der Waals surface area contributed by atoms with Gasteiger partial charge in [-0.2, -0.15) is 0 Å². The summed E-state index contributed by atoms with van der Waals surface area (Å²) in [6, 6.07) is 8.77. The summed E-state index contributed by atoms with van der Waals surface area (Å²) in [6.45, 7) is 2.37. The highest BCUT2D eigenvalue weighted by Crippen LogP contribution is 2.28. The van der Waals surface area contributed by atoms with Gasteiger partial charge in [0.2, 0.25) is 0 Å². The molecular formula is C15H20N2O4. The van der Waals surface area contributed by atoms with Crippen LogP contribution in [0.15, 0.2) is 30.3 Å². The Morgan fingerprint density at radius 3 is 2.71 bits per heavy atom. The first-order valence-electron chi connectivity index (χ1n) is 6.80. The maximum Gasteiger partial charge on any atom is 0.317 e. The van der Waals surface area contributed by atoms with Gasteiger partial charge in [0.05, 0.1) is 19.3 Å². The van der Waals surface area contributed by atoms with Gasteiger partial charge in [-0.15, -0.1) is 0 Å². The standard InChI is InChI=1S/C15H20N2O4/c1-15(13(18)19)10-21-9-12(15)16-14(20)17(2)8-11-6-4-3-5-7-11/h3-7,12H,8-10H2,1-2H3,(H,16,20)(H,18,19). The summed E-state index contributed by atoms with van der Waals surface area (Å²) < 4.78 is 5.22. The normalized spacial score (nSPS) is 24.6. The van der Waals surface area contributed by atoms with E-state index in [-0.39, 0.29) is 19.2 Å². The fourth-order valence-electron chi connectivity index (χ4n) is 2.27. The summed E-state index contributed by atoms with van der Waals surface area (Å²) in [7, 11) is 1.68. The molecule has 1 aromatic carbocycles. The molecule has 114 valence electrons. The van der Waals surface area contributed by atoms with E-state index < -0.39 is 17.4 Å². The third-order valence-electron chi connectivity index (χ3n) is 3.85. The molecule has 2 atom stereocenters. The summed E-state index contributed by atoms with van der Waals surface area (Å²) in [6.07, 6.45) is 0. The smallest absolute Gasteiger partial charge is 0.317 e. The number of ether oxygens (including phenoxy) is 1. The number of rotatable bonds is 4. The van der Waals surface area contributed by atoms with Gasteiger partial charge in [-0.3, -0.25) is 4.79 Å². The van der Waals surface area contributed by atoms with Crippen LogP contribution in [-0.2, 0) is 16.1 Å². The van der Waals surface area contributed by atoms with Crippen molar-refractivity contribution in [2.75, 3.05) is 20.3 Å². The van der Waals surface area contributed by atoms with Crippen molar-refractivity contribution in [1.82, 2.24) is 10.2 Å². The molecule has 2 amide bonds. The van der Waals surface area contributed by atoms with Crippen molar-refractivity contribution in [2.24, 2.45) is 5.41 Å². The zero-order valence-corrected chi connectivity index (χ0v) is 12.2. The number of carboxylic acid groups (broad SMARTS) is 1. The molecule has 2 unspecified atom stereocenters. The van der Waals surface area contributed by atoms with E-state index in [0.29, 0.717) is 6.54 Å². The predicted octanol–water partition coefficient (Wildman–Crippen LogP) is 1.32. The Kier molecular flexibility index (Phi) is 4.47. The quantitative estimate of drug-likeness (QED) is 0.877. The Bertz CT molecular complexity index is 520. The van der Waals surface area contributed by atoms with Crippen LogP contribution in [0, 0.1) is 5.41 Å². The molecule has 0 aromatic heterocycles. The number of nitrogens with one attached hydrogen (secondary N) is 1. The van der Waals surface area contributed by atoms with Crippen LogP contribution in [0.2, 0.25) is 0 Å². The van der Waals surface area contributed by atoms with Crippen LogP contribution in [0.4, 0.5) is 4.79 Å². The van der Waals surface area contributed by atoms with Crippen molar-refractivity contribution < 1.29 is 19.4 Å². The SMILES string of the molecule is CN(Cc1ccccc1)C(=O)NC1COCC1(C)C(=O)O. The summed E-state index contributed by atoms with van der Waals surface area (Å²) in [5, 5.41) is 12.0. The first-order chi connectivity index (χ1) is 9.93. The molecule has 0 aliphatic carbocycles. The van der Waals surface area contributed by atoms with Gasteiger partial charge in [0.1, 0.15) is 5.41 Å². The molecule has 1 saturated heterocycles. The zero-order chi connectivity index (χ0) is 15.5. The minimum Gasteiger partial charge on any atom is -0.481 e. The molecule has 21 heavy (non-hydrogen) atoms. The lowest BCUT2D eigenvalue weighted by Crippen LogP contribution is -2.52. The molecule has 2 N–H and O–H groups in total. The van der Waals surface area contributed by atoms with Crippen LogP contribution in [0.25, 0.3) is 0 Å². The highest BCUT2D eigenvalue weighted by Gasteiger charge is 2.47. The number of benzene rings is 1. The van der Waals surface area contributed by atoms with Gasteiger partial charge in [0.25, 0.3) is 0 Å². The predicted molar refractivity (Wildman–Crippen MR) is 76.8 cm³/mol. The van der Waals surface area contributed by atoms with Gasteiger partial charge in [0.15, 0.2) is 0 Å². The van der Waals surface area contributed by atoms with E-state index >= 15 is 0 Å². The Morgan fingerprint density at radius 2 is 2.10 bits per heavy atom. The Labute approximate surface area is 123 Å². The third kappa shape index (κ3) is 3.33. The van der Waals surface area contributed by atoms with Gasteiger partial charge in [0, 0.05) is 13.6 Å². The van der Waals surface area contributed by atoms with Crippen molar-refractivity contribution >= 4 is 12.0 Å². The van der Waals surface area contributed by atoms with Gasteiger partial charge in [-0.1, -0.05) is 30.3 Å². The average molecular weight is 292 g/mol. The van der Waals surface area contributed by atoms with Crippen LogP contribution >= 0.6 is 0 Å². The van der Waals surface area contributed by atoms with Crippen LogP contribution < -0.4 is 5.32 Å². The van der Waals surface area contributed by atoms with E-state index in [9.17, 15) is 14.7 Å². The van der Waals surface area contributed by atoms with Crippen molar-refractivity contribution in [3.05, 3.63) is 35.9 Å². The Balaban J connectivity index is 1.96. The lowest BCUT2D eigenvalue weighted by molar-refractivity contribution is -0.148. The third-order valence-corrected chi connectivity index (χ3v) is 3.85. The fraction of sp³-hybridized carbons (Fsp3) is 0.467. The number of carboxylic acids is 1. The molecular weight excluding hydrogens is 272 g/mol. The monoisotopic (exact) mass is 292 g/mol. The minimum atomic E-state index is -1.08. The number of aliphatic carboxylic acids is 1. The molecule has 6 heteroatoms. The number of hydrogen-bond acceptors (Lipinski definition) is 3. The number of hydrogen-bond donors (Lipinski definition) is 2. The summed E-state index contributed by atoms with van der Waals surface area (Å²) in [5.74, 6) is -0.962. The van der Waals surface area contributed by atoms with Crippen molar-refractivity contribution in [1.29, 1.82) is 0 Å². The molecule has 1 heterocycles. The van der Waals surface area contributed by atoms with Gasteiger partial charge in [-0.05, 0) is 12.5 Å². The topological polar surface area (TPSA) is 78.9 Å². The van der Waals surface area contributed by atoms with E-state index in [1.807, 2.05) is 30.3 Å². The summed E-state index contributed by atoms with van der Waals surface area (Å²) >= 11 is 0. The first kappa shape index (κ1) is 15.3. The number of carbonyl (C=O) groups is 2. The van der Waals surface area contributed by atoms with E-state index in [1.165, 1.54) is 4.90 Å². The van der Waals surface area contributed by atoms with E-state index in [0.717, 1.165) is 5.56 Å². The maximum absolute atomic E-state index is 12.2. The second-order valence-corrected chi connectivity index (χ2v) is 5.58. The average Bonchev–Trinajstić information content (AvgIpc) is 2.82. The van der Waals surface area contributed by atoms with E-state index in [2.05, 4.69) is 5.32 Å². The van der Waals surface area contributed by atoms with Crippen molar-refractivity contribution in [2.45, 2.75) is 19.5 Å². The summed E-state index contributed by atoms with van der Waals surface area (Å²) in [4.78, 5) is 25.0. The number of nitrogens with zero attached hydrogens (tertiary/aromatic N) is 1. The highest BCUT2D eigenvalue weighted by molar-refractivity contribution is 5.79. The first-order valence-corrected chi connectivity index (χ1v) is 6.80.